The monoisotopic (exact) mass is 332 g/mol. The van der Waals surface area contributed by atoms with E-state index >= 15 is 0 Å². The number of nitrogens with one attached hydrogen (secondary N) is 2. The van der Waals surface area contributed by atoms with Gasteiger partial charge in [0, 0.05) is 37.8 Å². The molecule has 0 radical (unpaired) electrons. The summed E-state index contributed by atoms with van der Waals surface area (Å²) < 4.78 is 18.1. The smallest absolute Gasteiger partial charge is 0.315 e. The van der Waals surface area contributed by atoms with E-state index in [1.807, 2.05) is 0 Å². The summed E-state index contributed by atoms with van der Waals surface area (Å²) in [5.74, 6) is 0.528. The first-order valence-electron chi connectivity index (χ1n) is 8.13. The molecule has 2 amide bonds. The molecule has 1 fully saturated rings. The van der Waals surface area contributed by atoms with E-state index in [9.17, 15) is 9.18 Å². The topological polar surface area (TPSA) is 70.4 Å². The predicted molar refractivity (Wildman–Crippen MR) is 88.4 cm³/mol. The second-order valence-corrected chi connectivity index (χ2v) is 5.86. The molecule has 2 aromatic rings. The van der Waals surface area contributed by atoms with E-state index in [1.54, 1.807) is 18.3 Å². The summed E-state index contributed by atoms with van der Waals surface area (Å²) in [6, 6.07) is 6.53. The Morgan fingerprint density at radius 3 is 2.71 bits per heavy atom. The molecular formula is C17H21FN4O2. The predicted octanol–water partition coefficient (Wildman–Crippen LogP) is 2.32. The van der Waals surface area contributed by atoms with Crippen molar-refractivity contribution in [1.82, 2.24) is 15.6 Å². The first-order chi connectivity index (χ1) is 11.7. The Morgan fingerprint density at radius 1 is 1.29 bits per heavy atom. The van der Waals surface area contributed by atoms with Gasteiger partial charge in [-0.15, -0.1) is 0 Å². The third kappa shape index (κ3) is 4.47. The molecule has 1 saturated heterocycles. The number of amides is 2. The Labute approximate surface area is 140 Å². The molecular weight excluding hydrogens is 311 g/mol. The van der Waals surface area contributed by atoms with E-state index in [0.29, 0.717) is 13.0 Å². The lowest BCUT2D eigenvalue weighted by atomic mass is 10.0. The van der Waals surface area contributed by atoms with Crippen LogP contribution in [-0.4, -0.2) is 36.7 Å². The van der Waals surface area contributed by atoms with Crippen molar-refractivity contribution in [3.8, 4) is 0 Å². The van der Waals surface area contributed by atoms with Crippen molar-refractivity contribution >= 4 is 11.7 Å². The van der Waals surface area contributed by atoms with Crippen LogP contribution >= 0.6 is 0 Å². The highest BCUT2D eigenvalue weighted by Crippen LogP contribution is 2.20. The number of carbonyl (C=O) groups is 1. The van der Waals surface area contributed by atoms with Gasteiger partial charge in [-0.2, -0.15) is 0 Å². The quantitative estimate of drug-likeness (QED) is 0.882. The number of halogens is 1. The first-order valence-corrected chi connectivity index (χ1v) is 8.13. The van der Waals surface area contributed by atoms with E-state index in [1.165, 1.54) is 18.5 Å². The highest BCUT2D eigenvalue weighted by molar-refractivity contribution is 5.74. The number of hydrogen-bond acceptors (Lipinski definition) is 4. The molecule has 128 valence electrons. The molecule has 3 rings (SSSR count). The molecule has 1 aliphatic rings. The number of piperidine rings is 1. The summed E-state index contributed by atoms with van der Waals surface area (Å²) in [6.07, 6.45) is 5.38. The number of hydrogen-bond donors (Lipinski definition) is 2. The molecule has 0 spiro atoms. The van der Waals surface area contributed by atoms with Gasteiger partial charge in [0.2, 0.25) is 0 Å². The van der Waals surface area contributed by atoms with Crippen LogP contribution in [0.1, 0.15) is 18.6 Å². The van der Waals surface area contributed by atoms with E-state index in [4.69, 9.17) is 4.42 Å². The molecule has 0 unspecified atom stereocenters. The van der Waals surface area contributed by atoms with Crippen LogP contribution in [0.5, 0.6) is 0 Å². The third-order valence-corrected chi connectivity index (χ3v) is 4.16. The number of benzene rings is 1. The van der Waals surface area contributed by atoms with Gasteiger partial charge in [0.1, 0.15) is 11.6 Å². The van der Waals surface area contributed by atoms with Gasteiger partial charge in [0.25, 0.3) is 0 Å². The van der Waals surface area contributed by atoms with Crippen molar-refractivity contribution < 1.29 is 13.6 Å². The van der Waals surface area contributed by atoms with Gasteiger partial charge >= 0.3 is 6.03 Å². The lowest BCUT2D eigenvalue weighted by molar-refractivity contribution is 0.234. The summed E-state index contributed by atoms with van der Waals surface area (Å²) in [6.45, 7) is 2.19. The number of aromatic nitrogens is 1. The van der Waals surface area contributed by atoms with Crippen LogP contribution in [0.2, 0.25) is 0 Å². The Hall–Kier alpha value is -2.57. The average Bonchev–Trinajstić information content (AvgIpc) is 3.10. The molecule has 1 aromatic heterocycles. The van der Waals surface area contributed by atoms with Crippen LogP contribution < -0.4 is 15.5 Å². The van der Waals surface area contributed by atoms with E-state index in [2.05, 4.69) is 20.5 Å². The number of oxazole rings is 1. The Kier molecular flexibility index (Phi) is 5.30. The fourth-order valence-corrected chi connectivity index (χ4v) is 2.84. The molecule has 1 aromatic carbocycles. The molecule has 0 saturated carbocycles. The van der Waals surface area contributed by atoms with Crippen molar-refractivity contribution in [1.29, 1.82) is 0 Å². The van der Waals surface area contributed by atoms with E-state index < -0.39 is 0 Å². The molecule has 6 nitrogen and oxygen atoms in total. The number of anilines is 1. The maximum Gasteiger partial charge on any atom is 0.315 e. The summed E-state index contributed by atoms with van der Waals surface area (Å²) in [5.41, 5.74) is 1.02. The van der Waals surface area contributed by atoms with Crippen LogP contribution in [0.25, 0.3) is 0 Å². The Balaban J connectivity index is 1.37. The highest BCUT2D eigenvalue weighted by atomic mass is 19.1. The molecule has 0 atom stereocenters. The van der Waals surface area contributed by atoms with Crippen LogP contribution in [-0.2, 0) is 6.42 Å². The van der Waals surface area contributed by atoms with Crippen LogP contribution in [0.15, 0.2) is 41.3 Å². The minimum absolute atomic E-state index is 0.158. The van der Waals surface area contributed by atoms with E-state index in [0.717, 1.165) is 37.4 Å². The second-order valence-electron chi connectivity index (χ2n) is 5.86. The highest BCUT2D eigenvalue weighted by Gasteiger charge is 2.20. The minimum Gasteiger partial charge on any atom is -0.448 e. The molecule has 1 aliphatic heterocycles. The molecule has 24 heavy (non-hydrogen) atoms. The summed E-state index contributed by atoms with van der Waals surface area (Å²) in [7, 11) is 0. The van der Waals surface area contributed by atoms with Crippen LogP contribution in [0.3, 0.4) is 0 Å². The van der Waals surface area contributed by atoms with Crippen LogP contribution in [0, 0.1) is 5.82 Å². The fraction of sp³-hybridized carbons (Fsp3) is 0.412. The number of carbonyl (C=O) groups excluding carboxylic acids is 1. The van der Waals surface area contributed by atoms with Gasteiger partial charge in [-0.05, 0) is 37.1 Å². The van der Waals surface area contributed by atoms with Gasteiger partial charge in [0.15, 0.2) is 6.39 Å². The largest absolute Gasteiger partial charge is 0.448 e. The van der Waals surface area contributed by atoms with Crippen molar-refractivity contribution in [2.75, 3.05) is 24.5 Å². The summed E-state index contributed by atoms with van der Waals surface area (Å²) >= 11 is 0. The van der Waals surface area contributed by atoms with E-state index in [-0.39, 0.29) is 17.9 Å². The molecule has 7 heteroatoms. The standard InChI is InChI=1S/C17H21FN4O2/c18-13-1-3-15(4-2-13)22-9-6-14(7-10-22)21-17(23)20-8-5-16-11-19-12-24-16/h1-4,11-12,14H,5-10H2,(H2,20,21,23). The molecule has 0 bridgehead atoms. The lowest BCUT2D eigenvalue weighted by Gasteiger charge is -2.34. The lowest BCUT2D eigenvalue weighted by Crippen LogP contribution is -2.48. The van der Waals surface area contributed by atoms with Crippen molar-refractivity contribution in [2.24, 2.45) is 0 Å². The minimum atomic E-state index is -0.225. The van der Waals surface area contributed by atoms with Crippen molar-refractivity contribution in [2.45, 2.75) is 25.3 Å². The third-order valence-electron chi connectivity index (χ3n) is 4.16. The van der Waals surface area contributed by atoms with Crippen molar-refractivity contribution in [3.05, 3.63) is 48.4 Å². The zero-order valence-corrected chi connectivity index (χ0v) is 13.4. The van der Waals surface area contributed by atoms with Gasteiger partial charge in [-0.25, -0.2) is 14.2 Å². The number of urea groups is 1. The zero-order valence-electron chi connectivity index (χ0n) is 13.4. The summed E-state index contributed by atoms with van der Waals surface area (Å²) in [5, 5.41) is 5.82. The van der Waals surface area contributed by atoms with Gasteiger partial charge < -0.3 is 20.0 Å². The zero-order chi connectivity index (χ0) is 16.8. The Morgan fingerprint density at radius 2 is 2.04 bits per heavy atom. The normalized spacial score (nSPS) is 15.3. The second kappa shape index (κ2) is 7.81. The van der Waals surface area contributed by atoms with Crippen LogP contribution in [0.4, 0.5) is 14.9 Å². The molecule has 2 heterocycles. The Bertz CT molecular complexity index is 637. The maximum absolute atomic E-state index is 13.0. The molecule has 2 N–H and O–H groups in total. The van der Waals surface area contributed by atoms with Crippen molar-refractivity contribution in [3.63, 3.8) is 0 Å². The average molecular weight is 332 g/mol. The van der Waals surface area contributed by atoms with Gasteiger partial charge in [-0.3, -0.25) is 0 Å². The maximum atomic E-state index is 13.0. The van der Waals surface area contributed by atoms with Gasteiger partial charge in [-0.1, -0.05) is 0 Å². The first kappa shape index (κ1) is 16.3. The SMILES string of the molecule is O=C(NCCc1cnco1)NC1CCN(c2ccc(F)cc2)CC1. The number of rotatable bonds is 5. The van der Waals surface area contributed by atoms with Gasteiger partial charge in [0.05, 0.1) is 6.20 Å². The number of nitrogens with zero attached hydrogens (tertiary/aromatic N) is 2. The summed E-state index contributed by atoms with van der Waals surface area (Å²) in [4.78, 5) is 17.9. The fourth-order valence-electron chi connectivity index (χ4n) is 2.84. The molecule has 0 aliphatic carbocycles.